The summed E-state index contributed by atoms with van der Waals surface area (Å²) in [6, 6.07) is 2.54. The van der Waals surface area contributed by atoms with Gasteiger partial charge in [0.15, 0.2) is 0 Å². The average Bonchev–Trinajstić information content (AvgIpc) is 2.37. The molecule has 0 aliphatic rings. The number of aromatic nitrogens is 1. The number of unbranched alkanes of at least 4 members (excludes halogenated alkanes) is 1. The van der Waals surface area contributed by atoms with Crippen molar-refractivity contribution in [2.75, 3.05) is 5.32 Å². The number of hydrogen-bond donors (Lipinski definition) is 2. The van der Waals surface area contributed by atoms with Crippen LogP contribution in [0.2, 0.25) is 0 Å². The van der Waals surface area contributed by atoms with Gasteiger partial charge >= 0.3 is 0 Å². The van der Waals surface area contributed by atoms with E-state index in [2.05, 4.69) is 12.2 Å². The number of nitrogens with zero attached hydrogens (tertiary/aromatic N) is 1. The van der Waals surface area contributed by atoms with Crippen molar-refractivity contribution in [1.29, 1.82) is 0 Å². The molecule has 1 rings (SSSR count). The van der Waals surface area contributed by atoms with Gasteiger partial charge in [-0.1, -0.05) is 19.8 Å². The second-order valence-corrected chi connectivity index (χ2v) is 4.28. The van der Waals surface area contributed by atoms with E-state index in [4.69, 9.17) is 5.73 Å². The summed E-state index contributed by atoms with van der Waals surface area (Å²) >= 11 is 0. The second kappa shape index (κ2) is 6.96. The van der Waals surface area contributed by atoms with Gasteiger partial charge in [0.1, 0.15) is 0 Å². The molecular weight excluding hydrogens is 230 g/mol. The summed E-state index contributed by atoms with van der Waals surface area (Å²) in [6.07, 6.45) is 4.26. The van der Waals surface area contributed by atoms with Gasteiger partial charge in [0, 0.05) is 18.8 Å². The number of aryl methyl sites for hydroxylation is 1. The molecule has 1 aromatic heterocycles. The largest absolute Gasteiger partial charge is 0.323 e. The van der Waals surface area contributed by atoms with Gasteiger partial charge in [0.05, 0.1) is 11.7 Å². The Labute approximate surface area is 107 Å². The van der Waals surface area contributed by atoms with E-state index in [9.17, 15) is 9.59 Å². The molecule has 3 N–H and O–H groups in total. The highest BCUT2D eigenvalue weighted by Gasteiger charge is 2.12. The molecule has 0 spiro atoms. The normalized spacial score (nSPS) is 12.2. The summed E-state index contributed by atoms with van der Waals surface area (Å²) < 4.78 is 1.53. The van der Waals surface area contributed by atoms with Crippen molar-refractivity contribution in [2.24, 2.45) is 5.73 Å². The standard InChI is InChI=1S/C13H21N3O2/c1-3-5-6-11(14)13(18)15-10-7-8-12(17)16(4-2)9-10/h7-9,11H,3-6,14H2,1-2H3,(H,15,18)/t11-/m0/s1. The zero-order chi connectivity index (χ0) is 13.5. The Morgan fingerprint density at radius 2 is 2.17 bits per heavy atom. The van der Waals surface area contributed by atoms with E-state index in [-0.39, 0.29) is 11.5 Å². The number of pyridine rings is 1. The van der Waals surface area contributed by atoms with Crippen molar-refractivity contribution < 1.29 is 4.79 Å². The predicted molar refractivity (Wildman–Crippen MR) is 72.5 cm³/mol. The van der Waals surface area contributed by atoms with Crippen molar-refractivity contribution in [3.63, 3.8) is 0 Å². The molecule has 1 amide bonds. The summed E-state index contributed by atoms with van der Waals surface area (Å²) in [5, 5.41) is 2.73. The monoisotopic (exact) mass is 251 g/mol. The zero-order valence-corrected chi connectivity index (χ0v) is 11.0. The van der Waals surface area contributed by atoms with E-state index in [1.165, 1.54) is 10.6 Å². The van der Waals surface area contributed by atoms with Gasteiger partial charge in [0.2, 0.25) is 5.91 Å². The Morgan fingerprint density at radius 3 is 2.78 bits per heavy atom. The average molecular weight is 251 g/mol. The molecule has 0 bridgehead atoms. The van der Waals surface area contributed by atoms with Crippen molar-refractivity contribution >= 4 is 11.6 Å². The van der Waals surface area contributed by atoms with E-state index >= 15 is 0 Å². The molecule has 0 unspecified atom stereocenters. The number of rotatable bonds is 6. The van der Waals surface area contributed by atoms with Gasteiger partial charge in [-0.3, -0.25) is 9.59 Å². The Bertz CT molecular complexity index is 454. The molecule has 1 atom stereocenters. The SMILES string of the molecule is CCCC[C@H](N)C(=O)Nc1ccc(=O)n(CC)c1. The molecule has 0 aliphatic carbocycles. The second-order valence-electron chi connectivity index (χ2n) is 4.28. The quantitative estimate of drug-likeness (QED) is 0.800. The van der Waals surface area contributed by atoms with Crippen LogP contribution in [0.5, 0.6) is 0 Å². The highest BCUT2D eigenvalue weighted by molar-refractivity contribution is 5.94. The Kier molecular flexibility index (Phi) is 5.58. The first-order valence-corrected chi connectivity index (χ1v) is 6.35. The fraction of sp³-hybridized carbons (Fsp3) is 0.538. The van der Waals surface area contributed by atoms with E-state index in [1.807, 2.05) is 6.92 Å². The molecular formula is C13H21N3O2. The number of carbonyl (C=O) groups is 1. The van der Waals surface area contributed by atoms with Crippen LogP contribution in [0.3, 0.4) is 0 Å². The maximum Gasteiger partial charge on any atom is 0.250 e. The lowest BCUT2D eigenvalue weighted by Gasteiger charge is -2.12. The fourth-order valence-corrected chi connectivity index (χ4v) is 1.64. The lowest BCUT2D eigenvalue weighted by Crippen LogP contribution is -2.35. The first kappa shape index (κ1) is 14.4. The van der Waals surface area contributed by atoms with Crippen LogP contribution >= 0.6 is 0 Å². The molecule has 0 saturated carbocycles. The molecule has 0 saturated heterocycles. The summed E-state index contributed by atoms with van der Waals surface area (Å²) in [5.74, 6) is -0.204. The minimum atomic E-state index is -0.494. The molecule has 1 aromatic rings. The van der Waals surface area contributed by atoms with Gasteiger partial charge in [-0.25, -0.2) is 0 Å². The zero-order valence-electron chi connectivity index (χ0n) is 11.0. The minimum Gasteiger partial charge on any atom is -0.323 e. The molecule has 5 nitrogen and oxygen atoms in total. The first-order valence-electron chi connectivity index (χ1n) is 6.35. The van der Waals surface area contributed by atoms with Crippen molar-refractivity contribution in [3.05, 3.63) is 28.7 Å². The lowest BCUT2D eigenvalue weighted by molar-refractivity contribution is -0.117. The van der Waals surface area contributed by atoms with Crippen LogP contribution in [0.15, 0.2) is 23.1 Å². The summed E-state index contributed by atoms with van der Waals surface area (Å²) in [7, 11) is 0. The van der Waals surface area contributed by atoms with E-state index < -0.39 is 6.04 Å². The summed E-state index contributed by atoms with van der Waals surface area (Å²) in [6.45, 7) is 4.51. The molecule has 0 aliphatic heterocycles. The molecule has 100 valence electrons. The van der Waals surface area contributed by atoms with Crippen molar-refractivity contribution in [3.8, 4) is 0 Å². The van der Waals surface area contributed by atoms with Gasteiger partial charge in [-0.05, 0) is 19.4 Å². The molecule has 0 aromatic carbocycles. The van der Waals surface area contributed by atoms with Crippen LogP contribution in [0.1, 0.15) is 33.1 Å². The lowest BCUT2D eigenvalue weighted by atomic mass is 10.1. The van der Waals surface area contributed by atoms with Crippen molar-refractivity contribution in [1.82, 2.24) is 4.57 Å². The molecule has 1 heterocycles. The van der Waals surface area contributed by atoms with Crippen LogP contribution in [-0.2, 0) is 11.3 Å². The number of nitrogens with two attached hydrogens (primary N) is 1. The van der Waals surface area contributed by atoms with Gasteiger partial charge in [-0.2, -0.15) is 0 Å². The van der Waals surface area contributed by atoms with Crippen LogP contribution in [0.25, 0.3) is 0 Å². The molecule has 5 heteroatoms. The number of nitrogens with one attached hydrogen (secondary N) is 1. The Balaban J connectivity index is 2.67. The first-order chi connectivity index (χ1) is 8.58. The van der Waals surface area contributed by atoms with Gasteiger partial charge in [0.25, 0.3) is 5.56 Å². The Hall–Kier alpha value is -1.62. The van der Waals surface area contributed by atoms with Crippen LogP contribution in [0, 0.1) is 0 Å². The van der Waals surface area contributed by atoms with Crippen LogP contribution < -0.4 is 16.6 Å². The van der Waals surface area contributed by atoms with E-state index in [0.717, 1.165) is 12.8 Å². The topological polar surface area (TPSA) is 77.1 Å². The third-order valence-electron chi connectivity index (χ3n) is 2.80. The fourth-order valence-electron chi connectivity index (χ4n) is 1.64. The Morgan fingerprint density at radius 1 is 1.44 bits per heavy atom. The highest BCUT2D eigenvalue weighted by atomic mass is 16.2. The van der Waals surface area contributed by atoms with Gasteiger partial charge in [-0.15, -0.1) is 0 Å². The number of hydrogen-bond acceptors (Lipinski definition) is 3. The summed E-state index contributed by atoms with van der Waals surface area (Å²) in [4.78, 5) is 23.2. The van der Waals surface area contributed by atoms with Crippen LogP contribution in [0.4, 0.5) is 5.69 Å². The maximum atomic E-state index is 11.8. The third-order valence-corrected chi connectivity index (χ3v) is 2.80. The minimum absolute atomic E-state index is 0.0780. The number of anilines is 1. The van der Waals surface area contributed by atoms with E-state index in [0.29, 0.717) is 18.7 Å². The third kappa shape index (κ3) is 4.00. The van der Waals surface area contributed by atoms with E-state index in [1.54, 1.807) is 12.3 Å². The molecule has 18 heavy (non-hydrogen) atoms. The highest BCUT2D eigenvalue weighted by Crippen LogP contribution is 2.06. The van der Waals surface area contributed by atoms with Crippen molar-refractivity contribution in [2.45, 2.75) is 45.7 Å². The predicted octanol–water partition coefficient (Wildman–Crippen LogP) is 1.32. The van der Waals surface area contributed by atoms with Gasteiger partial charge < -0.3 is 15.6 Å². The maximum absolute atomic E-state index is 11.8. The summed E-state index contributed by atoms with van der Waals surface area (Å²) in [5.41, 5.74) is 6.30. The molecule has 0 radical (unpaired) electrons. The molecule has 0 fully saturated rings. The number of amides is 1. The number of carbonyl (C=O) groups excluding carboxylic acids is 1. The van der Waals surface area contributed by atoms with Crippen LogP contribution in [-0.4, -0.2) is 16.5 Å². The smallest absolute Gasteiger partial charge is 0.250 e.